The standard InChI is InChI=1S/C29H31Cl2N5O/c1-4-7-19-35(6-3)34-29(37)27-24(5-2)28(36(33-27)26-17-16-23(30)20-25(26)31)22-14-12-21(13-15-22)11-9-8-10-18-32/h12-17,20H,4-8,10,19H2,1-3H3,(H,34,37). The molecule has 1 aromatic heterocycles. The van der Waals surface area contributed by atoms with E-state index >= 15 is 0 Å². The molecule has 0 radical (unpaired) electrons. The lowest BCUT2D eigenvalue weighted by Crippen LogP contribution is -2.43. The fraction of sp³-hybridized carbons (Fsp3) is 0.345. The lowest BCUT2D eigenvalue weighted by Gasteiger charge is -2.20. The maximum absolute atomic E-state index is 13.4. The number of aromatic nitrogens is 2. The molecule has 1 amide bonds. The monoisotopic (exact) mass is 535 g/mol. The molecule has 0 saturated carbocycles. The van der Waals surface area contributed by atoms with Crippen molar-refractivity contribution >= 4 is 29.1 Å². The first-order valence-corrected chi connectivity index (χ1v) is 13.3. The second kappa shape index (κ2) is 13.9. The van der Waals surface area contributed by atoms with Crippen LogP contribution in [0.3, 0.4) is 0 Å². The summed E-state index contributed by atoms with van der Waals surface area (Å²) < 4.78 is 1.72. The first-order valence-electron chi connectivity index (χ1n) is 12.5. The maximum atomic E-state index is 13.4. The van der Waals surface area contributed by atoms with Crippen molar-refractivity contribution in [3.63, 3.8) is 0 Å². The summed E-state index contributed by atoms with van der Waals surface area (Å²) in [5.41, 5.74) is 7.36. The van der Waals surface area contributed by atoms with Gasteiger partial charge < -0.3 is 0 Å². The van der Waals surface area contributed by atoms with Crippen molar-refractivity contribution < 1.29 is 4.79 Å². The highest BCUT2D eigenvalue weighted by molar-refractivity contribution is 6.35. The van der Waals surface area contributed by atoms with E-state index in [4.69, 9.17) is 33.6 Å². The molecular formula is C29H31Cl2N5O. The van der Waals surface area contributed by atoms with E-state index < -0.39 is 0 Å². The quantitative estimate of drug-likeness (QED) is 0.175. The van der Waals surface area contributed by atoms with Gasteiger partial charge in [-0.1, -0.05) is 74.4 Å². The van der Waals surface area contributed by atoms with Crippen LogP contribution in [0.5, 0.6) is 0 Å². The minimum absolute atomic E-state index is 0.250. The summed E-state index contributed by atoms with van der Waals surface area (Å²) in [6.45, 7) is 7.61. The minimum atomic E-state index is -0.250. The first-order chi connectivity index (χ1) is 17.9. The van der Waals surface area contributed by atoms with Gasteiger partial charge in [-0.25, -0.2) is 9.69 Å². The number of hydrazine groups is 1. The molecule has 192 valence electrons. The van der Waals surface area contributed by atoms with Crippen LogP contribution in [-0.2, 0) is 6.42 Å². The lowest BCUT2D eigenvalue weighted by atomic mass is 10.0. The zero-order valence-corrected chi connectivity index (χ0v) is 23.0. The third-order valence-corrected chi connectivity index (χ3v) is 6.40. The van der Waals surface area contributed by atoms with E-state index in [0.29, 0.717) is 47.2 Å². The Morgan fingerprint density at radius 2 is 1.86 bits per heavy atom. The molecule has 37 heavy (non-hydrogen) atoms. The second-order valence-electron chi connectivity index (χ2n) is 8.45. The van der Waals surface area contributed by atoms with Crippen molar-refractivity contribution in [3.05, 3.63) is 69.3 Å². The van der Waals surface area contributed by atoms with E-state index in [2.05, 4.69) is 30.3 Å². The van der Waals surface area contributed by atoms with Crippen molar-refractivity contribution in [2.75, 3.05) is 13.1 Å². The van der Waals surface area contributed by atoms with Gasteiger partial charge in [0.05, 0.1) is 22.5 Å². The molecule has 2 aromatic carbocycles. The highest BCUT2D eigenvalue weighted by atomic mass is 35.5. The number of amides is 1. The van der Waals surface area contributed by atoms with Gasteiger partial charge in [0, 0.05) is 47.6 Å². The van der Waals surface area contributed by atoms with Crippen LogP contribution < -0.4 is 5.43 Å². The SMILES string of the molecule is CCCCN(CC)NC(=O)c1nn(-c2ccc(Cl)cc2Cl)c(-c2ccc(C#CCCC#N)cc2)c1CC. The molecule has 6 nitrogen and oxygen atoms in total. The molecule has 0 aliphatic heterocycles. The van der Waals surface area contributed by atoms with Crippen LogP contribution in [0.15, 0.2) is 42.5 Å². The molecule has 1 heterocycles. The van der Waals surface area contributed by atoms with Gasteiger partial charge in [-0.2, -0.15) is 10.4 Å². The Bertz CT molecular complexity index is 1330. The Balaban J connectivity index is 2.10. The van der Waals surface area contributed by atoms with E-state index in [-0.39, 0.29) is 5.91 Å². The third kappa shape index (κ3) is 7.14. The third-order valence-electron chi connectivity index (χ3n) is 5.87. The summed E-state index contributed by atoms with van der Waals surface area (Å²) in [6, 6.07) is 15.1. The number of unbranched alkanes of at least 4 members (excludes halogenated alkanes) is 2. The van der Waals surface area contributed by atoms with Crippen molar-refractivity contribution in [1.82, 2.24) is 20.2 Å². The van der Waals surface area contributed by atoms with Crippen LogP contribution in [0.25, 0.3) is 16.9 Å². The van der Waals surface area contributed by atoms with Gasteiger partial charge in [0.25, 0.3) is 5.91 Å². The number of nitrogens with one attached hydrogen (secondary N) is 1. The number of hydrogen-bond donors (Lipinski definition) is 1. The molecule has 0 spiro atoms. The molecule has 0 aliphatic rings. The number of hydrogen-bond acceptors (Lipinski definition) is 4. The Kier molecular flexibility index (Phi) is 10.6. The summed E-state index contributed by atoms with van der Waals surface area (Å²) in [5.74, 6) is 5.85. The lowest BCUT2D eigenvalue weighted by molar-refractivity contribution is 0.0787. The molecule has 0 bridgehead atoms. The van der Waals surface area contributed by atoms with Gasteiger partial charge in [0.1, 0.15) is 0 Å². The van der Waals surface area contributed by atoms with Gasteiger partial charge in [0.15, 0.2) is 5.69 Å². The molecule has 0 fully saturated rings. The Hall–Kier alpha value is -3.29. The summed E-state index contributed by atoms with van der Waals surface area (Å²) in [6.07, 6.45) is 3.57. The molecule has 0 unspecified atom stereocenters. The maximum Gasteiger partial charge on any atom is 0.286 e. The van der Waals surface area contributed by atoms with Gasteiger partial charge in [-0.05, 0) is 43.2 Å². The molecule has 0 aliphatic carbocycles. The number of carbonyl (C=O) groups excluding carboxylic acids is 1. The number of halogens is 2. The van der Waals surface area contributed by atoms with Crippen LogP contribution in [0.4, 0.5) is 0 Å². The molecule has 8 heteroatoms. The van der Waals surface area contributed by atoms with Crippen molar-refractivity contribution in [2.45, 2.75) is 52.9 Å². The zero-order valence-electron chi connectivity index (χ0n) is 21.4. The van der Waals surface area contributed by atoms with Crippen molar-refractivity contribution in [3.8, 4) is 34.9 Å². The van der Waals surface area contributed by atoms with E-state index in [1.165, 1.54) is 0 Å². The fourth-order valence-electron chi connectivity index (χ4n) is 3.92. The largest absolute Gasteiger partial charge is 0.286 e. The summed E-state index contributed by atoms with van der Waals surface area (Å²) in [7, 11) is 0. The molecular weight excluding hydrogens is 505 g/mol. The number of nitriles is 1. The van der Waals surface area contributed by atoms with Gasteiger partial charge in [-0.3, -0.25) is 10.2 Å². The number of carbonyl (C=O) groups is 1. The van der Waals surface area contributed by atoms with Crippen LogP contribution in [0.2, 0.25) is 10.0 Å². The van der Waals surface area contributed by atoms with Crippen LogP contribution in [-0.4, -0.2) is 33.8 Å². The van der Waals surface area contributed by atoms with Crippen LogP contribution in [0, 0.1) is 23.2 Å². The second-order valence-corrected chi connectivity index (χ2v) is 9.29. The van der Waals surface area contributed by atoms with E-state index in [1.54, 1.807) is 22.9 Å². The highest BCUT2D eigenvalue weighted by Gasteiger charge is 2.25. The van der Waals surface area contributed by atoms with Crippen LogP contribution >= 0.6 is 23.2 Å². The average molecular weight is 537 g/mol. The number of benzene rings is 2. The van der Waals surface area contributed by atoms with Crippen molar-refractivity contribution in [1.29, 1.82) is 5.26 Å². The van der Waals surface area contributed by atoms with Gasteiger partial charge in [0.2, 0.25) is 0 Å². The van der Waals surface area contributed by atoms with E-state index in [0.717, 1.165) is 41.8 Å². The molecule has 0 atom stereocenters. The van der Waals surface area contributed by atoms with Crippen molar-refractivity contribution in [2.24, 2.45) is 0 Å². The Morgan fingerprint density at radius 1 is 1.11 bits per heavy atom. The Labute approximate surface area is 229 Å². The van der Waals surface area contributed by atoms with Crippen LogP contribution in [0.1, 0.15) is 68.1 Å². The molecule has 0 saturated heterocycles. The number of rotatable bonds is 10. The van der Waals surface area contributed by atoms with E-state index in [1.807, 2.05) is 43.1 Å². The molecule has 3 rings (SSSR count). The average Bonchev–Trinajstić information content (AvgIpc) is 3.28. The summed E-state index contributed by atoms with van der Waals surface area (Å²) >= 11 is 12.7. The minimum Gasteiger partial charge on any atom is -0.283 e. The highest BCUT2D eigenvalue weighted by Crippen LogP contribution is 2.33. The first kappa shape index (κ1) is 28.3. The topological polar surface area (TPSA) is 74.0 Å². The smallest absolute Gasteiger partial charge is 0.283 e. The molecule has 3 aromatic rings. The molecule has 1 N–H and O–H groups in total. The number of nitrogens with zero attached hydrogens (tertiary/aromatic N) is 4. The predicted molar refractivity (Wildman–Crippen MR) is 150 cm³/mol. The predicted octanol–water partition coefficient (Wildman–Crippen LogP) is 6.83. The summed E-state index contributed by atoms with van der Waals surface area (Å²) in [5, 5.41) is 16.3. The normalized spacial score (nSPS) is 10.6. The zero-order chi connectivity index (χ0) is 26.8. The van der Waals surface area contributed by atoms with E-state index in [9.17, 15) is 4.79 Å². The van der Waals surface area contributed by atoms with Gasteiger partial charge >= 0.3 is 0 Å². The Morgan fingerprint density at radius 3 is 2.49 bits per heavy atom. The fourth-order valence-corrected chi connectivity index (χ4v) is 4.41. The summed E-state index contributed by atoms with van der Waals surface area (Å²) in [4.78, 5) is 13.4. The van der Waals surface area contributed by atoms with Gasteiger partial charge in [-0.15, -0.1) is 0 Å².